The highest BCUT2D eigenvalue weighted by atomic mass is 32.1. The van der Waals surface area contributed by atoms with Gasteiger partial charge < -0.3 is 14.5 Å². The summed E-state index contributed by atoms with van der Waals surface area (Å²) in [6, 6.07) is 13.5. The van der Waals surface area contributed by atoms with E-state index in [4.69, 9.17) is 4.74 Å². The molecule has 4 rings (SSSR count). The number of hydrogen-bond donors (Lipinski definition) is 0. The maximum absolute atomic E-state index is 14.4. The predicted octanol–water partition coefficient (Wildman–Crippen LogP) is 5.72. The largest absolute Gasteiger partial charge is 0.488 e. The highest BCUT2D eigenvalue weighted by Crippen LogP contribution is 2.34. The molecule has 0 spiro atoms. The highest BCUT2D eigenvalue weighted by molar-refractivity contribution is 7.10. The molecule has 0 bridgehead atoms. The van der Waals surface area contributed by atoms with Crippen LogP contribution in [0.3, 0.4) is 0 Å². The third-order valence-electron chi connectivity index (χ3n) is 6.34. The van der Waals surface area contributed by atoms with Crippen LogP contribution in [0.2, 0.25) is 0 Å². The number of thiophene rings is 1. The number of benzene rings is 2. The molecule has 0 radical (unpaired) electrons. The second-order valence-corrected chi connectivity index (χ2v) is 10.3. The summed E-state index contributed by atoms with van der Waals surface area (Å²) in [5, 5.41) is 1.98. The second kappa shape index (κ2) is 11.6. The molecule has 2 aromatic carbocycles. The van der Waals surface area contributed by atoms with Crippen molar-refractivity contribution in [1.29, 1.82) is 0 Å². The number of fused-ring (bicyclic) bond motifs is 1. The number of halogens is 2. The molecule has 1 aliphatic heterocycles. The maximum atomic E-state index is 14.4. The van der Waals surface area contributed by atoms with Crippen molar-refractivity contribution < 1.29 is 23.1 Å². The highest BCUT2D eigenvalue weighted by Gasteiger charge is 2.34. The summed E-state index contributed by atoms with van der Waals surface area (Å²) in [4.78, 5) is 31.1. The quantitative estimate of drug-likeness (QED) is 0.369. The maximum Gasteiger partial charge on any atom is 0.257 e. The smallest absolute Gasteiger partial charge is 0.257 e. The van der Waals surface area contributed by atoms with E-state index in [0.717, 1.165) is 5.56 Å². The fourth-order valence-electron chi connectivity index (χ4n) is 4.33. The topological polar surface area (TPSA) is 49.9 Å². The molecule has 36 heavy (non-hydrogen) atoms. The Kier molecular flexibility index (Phi) is 8.36. The van der Waals surface area contributed by atoms with Crippen molar-refractivity contribution >= 4 is 23.2 Å². The van der Waals surface area contributed by atoms with E-state index < -0.39 is 23.6 Å². The summed E-state index contributed by atoms with van der Waals surface area (Å²) in [6.45, 7) is 4.78. The van der Waals surface area contributed by atoms with E-state index in [1.807, 2.05) is 25.3 Å². The average molecular weight is 513 g/mol. The summed E-state index contributed by atoms with van der Waals surface area (Å²) in [5.74, 6) is -1.40. The first-order valence-corrected chi connectivity index (χ1v) is 13.0. The first kappa shape index (κ1) is 25.8. The number of ether oxygens (including phenoxy) is 1. The Morgan fingerprint density at radius 2 is 1.81 bits per heavy atom. The van der Waals surface area contributed by atoms with Crippen molar-refractivity contribution in [2.45, 2.75) is 32.7 Å². The van der Waals surface area contributed by atoms with Crippen LogP contribution in [-0.4, -0.2) is 47.9 Å². The van der Waals surface area contributed by atoms with Crippen LogP contribution in [0.5, 0.6) is 5.75 Å². The Balaban J connectivity index is 1.55. The SMILES string of the molecule is CC(C)CCN(CC(=O)N1CCc2sccc2[C@@H]1COc1ccccc1F)C(=O)c1ccccc1F. The van der Waals surface area contributed by atoms with Gasteiger partial charge in [-0.25, -0.2) is 8.78 Å². The fourth-order valence-corrected chi connectivity index (χ4v) is 5.26. The molecule has 2 amide bonds. The van der Waals surface area contributed by atoms with Gasteiger partial charge in [-0.2, -0.15) is 0 Å². The molecule has 1 atom stereocenters. The van der Waals surface area contributed by atoms with Gasteiger partial charge in [-0.05, 0) is 60.0 Å². The third kappa shape index (κ3) is 5.93. The molecule has 1 aromatic heterocycles. The third-order valence-corrected chi connectivity index (χ3v) is 7.34. The van der Waals surface area contributed by atoms with Gasteiger partial charge in [0.2, 0.25) is 5.91 Å². The predicted molar refractivity (Wildman–Crippen MR) is 136 cm³/mol. The number of para-hydroxylation sites is 1. The minimum Gasteiger partial charge on any atom is -0.488 e. The lowest BCUT2D eigenvalue weighted by Gasteiger charge is -2.37. The Hall–Kier alpha value is -3.26. The fraction of sp³-hybridized carbons (Fsp3) is 0.357. The summed E-state index contributed by atoms with van der Waals surface area (Å²) in [6.07, 6.45) is 1.38. The molecule has 190 valence electrons. The second-order valence-electron chi connectivity index (χ2n) is 9.28. The van der Waals surface area contributed by atoms with E-state index >= 15 is 0 Å². The molecule has 0 N–H and O–H groups in total. The summed E-state index contributed by atoms with van der Waals surface area (Å²) >= 11 is 1.62. The van der Waals surface area contributed by atoms with Crippen LogP contribution >= 0.6 is 11.3 Å². The van der Waals surface area contributed by atoms with E-state index in [2.05, 4.69) is 0 Å². The molecular weight excluding hydrogens is 482 g/mol. The van der Waals surface area contributed by atoms with Crippen LogP contribution in [0, 0.1) is 17.6 Å². The first-order valence-electron chi connectivity index (χ1n) is 12.1. The summed E-state index contributed by atoms with van der Waals surface area (Å²) in [7, 11) is 0. The van der Waals surface area contributed by atoms with Crippen molar-refractivity contribution in [3.63, 3.8) is 0 Å². The van der Waals surface area contributed by atoms with Crippen LogP contribution in [-0.2, 0) is 11.2 Å². The Morgan fingerprint density at radius 1 is 1.08 bits per heavy atom. The summed E-state index contributed by atoms with van der Waals surface area (Å²) < 4.78 is 34.4. The number of carbonyl (C=O) groups is 2. The standard InChI is InChI=1S/C28H30F2N2O3S/c1-19(2)11-14-31(28(34)20-7-3-4-8-22(20)29)17-27(33)32-15-12-26-21(13-16-36-26)24(32)18-35-25-10-6-5-9-23(25)30/h3-10,13,16,19,24H,11-12,14-15,17-18H2,1-2H3/t24-/m0/s1. The van der Waals surface area contributed by atoms with Crippen molar-refractivity contribution in [2.24, 2.45) is 5.92 Å². The van der Waals surface area contributed by atoms with Gasteiger partial charge in [-0.15, -0.1) is 11.3 Å². The number of rotatable bonds is 9. The van der Waals surface area contributed by atoms with E-state index in [0.29, 0.717) is 31.8 Å². The van der Waals surface area contributed by atoms with E-state index in [-0.39, 0.29) is 30.4 Å². The number of hydrogen-bond acceptors (Lipinski definition) is 4. The van der Waals surface area contributed by atoms with Crippen molar-refractivity contribution in [3.8, 4) is 5.75 Å². The number of carbonyl (C=O) groups excluding carboxylic acids is 2. The Bertz CT molecular complexity index is 1210. The van der Waals surface area contributed by atoms with Gasteiger partial charge in [0.05, 0.1) is 11.6 Å². The van der Waals surface area contributed by atoms with E-state index in [1.54, 1.807) is 40.5 Å². The van der Waals surface area contributed by atoms with Crippen molar-refractivity contribution in [2.75, 3.05) is 26.2 Å². The molecule has 0 saturated carbocycles. The zero-order valence-corrected chi connectivity index (χ0v) is 21.3. The zero-order valence-electron chi connectivity index (χ0n) is 20.5. The van der Waals surface area contributed by atoms with Crippen LogP contribution in [0.15, 0.2) is 60.0 Å². The first-order chi connectivity index (χ1) is 17.3. The van der Waals surface area contributed by atoms with E-state index in [9.17, 15) is 18.4 Å². The molecule has 0 aliphatic carbocycles. The van der Waals surface area contributed by atoms with Crippen LogP contribution in [0.4, 0.5) is 8.78 Å². The Morgan fingerprint density at radius 3 is 2.53 bits per heavy atom. The van der Waals surface area contributed by atoms with Crippen molar-refractivity contribution in [1.82, 2.24) is 9.80 Å². The van der Waals surface area contributed by atoms with Crippen LogP contribution < -0.4 is 4.74 Å². The average Bonchev–Trinajstić information content (AvgIpc) is 3.35. The van der Waals surface area contributed by atoms with Crippen molar-refractivity contribution in [3.05, 3.63) is 87.6 Å². The Labute approximate surface area is 214 Å². The lowest BCUT2D eigenvalue weighted by molar-refractivity contribution is -0.135. The van der Waals surface area contributed by atoms with Gasteiger partial charge in [0, 0.05) is 18.0 Å². The normalized spacial score (nSPS) is 15.0. The molecule has 0 saturated heterocycles. The summed E-state index contributed by atoms with van der Waals surface area (Å²) in [5.41, 5.74) is 0.928. The lowest BCUT2D eigenvalue weighted by Crippen LogP contribution is -2.48. The van der Waals surface area contributed by atoms with Crippen LogP contribution in [0.25, 0.3) is 0 Å². The molecule has 0 unspecified atom stereocenters. The van der Waals surface area contributed by atoms with Gasteiger partial charge in [0.1, 0.15) is 19.0 Å². The van der Waals surface area contributed by atoms with Gasteiger partial charge >= 0.3 is 0 Å². The van der Waals surface area contributed by atoms with E-state index in [1.165, 1.54) is 34.0 Å². The van der Waals surface area contributed by atoms with Gasteiger partial charge in [0.25, 0.3) is 5.91 Å². The number of nitrogens with zero attached hydrogens (tertiary/aromatic N) is 2. The molecule has 1 aliphatic rings. The molecule has 0 fully saturated rings. The minimum absolute atomic E-state index is 0.0488. The molecule has 5 nitrogen and oxygen atoms in total. The molecule has 2 heterocycles. The number of amides is 2. The molecular formula is C28H30F2N2O3S. The minimum atomic E-state index is -0.610. The monoisotopic (exact) mass is 512 g/mol. The lowest BCUT2D eigenvalue weighted by atomic mass is 10.00. The van der Waals surface area contributed by atoms with Crippen LogP contribution in [0.1, 0.15) is 47.1 Å². The van der Waals surface area contributed by atoms with Gasteiger partial charge in [-0.3, -0.25) is 9.59 Å². The molecule has 3 aromatic rings. The van der Waals surface area contributed by atoms with Gasteiger partial charge in [0.15, 0.2) is 11.6 Å². The zero-order chi connectivity index (χ0) is 25.7. The van der Waals surface area contributed by atoms with Gasteiger partial charge in [-0.1, -0.05) is 38.1 Å². The molecule has 8 heteroatoms.